The molecule has 0 bridgehead atoms. The Labute approximate surface area is 77.5 Å². The number of hydrogen-bond donors (Lipinski definition) is 0. The molecular weight excluding hydrogens is 176 g/mol. The lowest BCUT2D eigenvalue weighted by atomic mass is 9.98. The summed E-state index contributed by atoms with van der Waals surface area (Å²) in [6, 6.07) is 0. The van der Waals surface area contributed by atoms with Crippen LogP contribution in [0.2, 0.25) is 0 Å². The van der Waals surface area contributed by atoms with Crippen molar-refractivity contribution in [2.45, 2.75) is 38.2 Å². The predicted octanol–water partition coefficient (Wildman–Crippen LogP) is 2.61. The summed E-state index contributed by atoms with van der Waals surface area (Å²) in [5.74, 6) is -0.322. The fourth-order valence-corrected chi connectivity index (χ4v) is 1.54. The summed E-state index contributed by atoms with van der Waals surface area (Å²) in [6.07, 6.45) is 6.98. The average Bonchev–Trinajstić information content (AvgIpc) is 2.06. The Morgan fingerprint density at radius 3 is 2.58 bits per heavy atom. The summed E-state index contributed by atoms with van der Waals surface area (Å²) in [5.41, 5.74) is 1.19. The first-order valence-corrected chi connectivity index (χ1v) is 4.74. The van der Waals surface area contributed by atoms with E-state index in [4.69, 9.17) is 16.3 Å². The van der Waals surface area contributed by atoms with Crippen molar-refractivity contribution < 1.29 is 9.53 Å². The van der Waals surface area contributed by atoms with E-state index in [1.54, 1.807) is 0 Å². The van der Waals surface area contributed by atoms with Gasteiger partial charge < -0.3 is 4.74 Å². The normalized spacial score (nSPS) is 19.8. The fourth-order valence-electron chi connectivity index (χ4n) is 1.44. The van der Waals surface area contributed by atoms with E-state index in [1.165, 1.54) is 30.9 Å². The maximum Gasteiger partial charge on any atom is 0.331 e. The van der Waals surface area contributed by atoms with E-state index in [1.807, 2.05) is 0 Å². The van der Waals surface area contributed by atoms with Crippen molar-refractivity contribution in [1.82, 2.24) is 0 Å². The summed E-state index contributed by atoms with van der Waals surface area (Å²) in [5, 5.41) is 0. The van der Waals surface area contributed by atoms with E-state index >= 15 is 0 Å². The molecule has 1 saturated carbocycles. The van der Waals surface area contributed by atoms with Crippen LogP contribution in [0.1, 0.15) is 32.1 Å². The second-order valence-electron chi connectivity index (χ2n) is 2.99. The Hall–Kier alpha value is -0.500. The molecule has 0 radical (unpaired) electrons. The van der Waals surface area contributed by atoms with E-state index < -0.39 is 0 Å². The zero-order chi connectivity index (χ0) is 8.81. The molecule has 12 heavy (non-hydrogen) atoms. The molecule has 68 valence electrons. The van der Waals surface area contributed by atoms with Crippen LogP contribution in [0.3, 0.4) is 0 Å². The van der Waals surface area contributed by atoms with E-state index in [2.05, 4.69) is 0 Å². The maximum absolute atomic E-state index is 10.9. The van der Waals surface area contributed by atoms with Gasteiger partial charge in [0.2, 0.25) is 0 Å². The predicted molar refractivity (Wildman–Crippen MR) is 48.0 cm³/mol. The van der Waals surface area contributed by atoms with Gasteiger partial charge in [0.25, 0.3) is 0 Å². The van der Waals surface area contributed by atoms with Crippen LogP contribution in [0, 0.1) is 0 Å². The number of halogens is 1. The van der Waals surface area contributed by atoms with E-state index in [0.717, 1.165) is 12.8 Å². The maximum atomic E-state index is 10.9. The van der Waals surface area contributed by atoms with Crippen LogP contribution in [0.4, 0.5) is 0 Å². The minimum absolute atomic E-state index is 0.124. The number of carbonyl (C=O) groups is 1. The molecule has 0 aromatic heterocycles. The topological polar surface area (TPSA) is 26.3 Å². The third-order valence-corrected chi connectivity index (χ3v) is 2.16. The molecule has 0 amide bonds. The minimum atomic E-state index is -0.322. The SMILES string of the molecule is O=C(/C=C/Cl)OC1CCCCC1. The van der Waals surface area contributed by atoms with Gasteiger partial charge in [-0.1, -0.05) is 18.0 Å². The van der Waals surface area contributed by atoms with Gasteiger partial charge in [0.15, 0.2) is 0 Å². The molecule has 0 aromatic rings. The molecular formula is C9H13ClO2. The molecule has 0 N–H and O–H groups in total. The Kier molecular flexibility index (Phi) is 4.15. The molecule has 3 heteroatoms. The molecule has 1 rings (SSSR count). The van der Waals surface area contributed by atoms with Crippen LogP contribution in [-0.2, 0) is 9.53 Å². The van der Waals surface area contributed by atoms with Crippen molar-refractivity contribution in [3.63, 3.8) is 0 Å². The lowest BCUT2D eigenvalue weighted by molar-refractivity contribution is -0.144. The van der Waals surface area contributed by atoms with Gasteiger partial charge >= 0.3 is 5.97 Å². The third-order valence-electron chi connectivity index (χ3n) is 2.03. The zero-order valence-electron chi connectivity index (χ0n) is 6.96. The van der Waals surface area contributed by atoms with Crippen LogP contribution < -0.4 is 0 Å². The Morgan fingerprint density at radius 2 is 2.00 bits per heavy atom. The molecule has 2 nitrogen and oxygen atoms in total. The number of carbonyl (C=O) groups excluding carboxylic acids is 1. The van der Waals surface area contributed by atoms with Crippen molar-refractivity contribution in [2.24, 2.45) is 0 Å². The molecule has 0 spiro atoms. The molecule has 1 aliphatic rings. The summed E-state index contributed by atoms with van der Waals surface area (Å²) in [4.78, 5) is 10.9. The summed E-state index contributed by atoms with van der Waals surface area (Å²) < 4.78 is 5.12. The highest BCUT2D eigenvalue weighted by atomic mass is 35.5. The number of esters is 1. The highest BCUT2D eigenvalue weighted by molar-refractivity contribution is 6.26. The number of rotatable bonds is 2. The van der Waals surface area contributed by atoms with Gasteiger partial charge in [-0.25, -0.2) is 4.79 Å². The highest BCUT2D eigenvalue weighted by Crippen LogP contribution is 2.20. The lowest BCUT2D eigenvalue weighted by Crippen LogP contribution is -2.19. The molecule has 0 heterocycles. The van der Waals surface area contributed by atoms with Gasteiger partial charge in [-0.3, -0.25) is 0 Å². The smallest absolute Gasteiger partial charge is 0.331 e. The molecule has 1 fully saturated rings. The van der Waals surface area contributed by atoms with Gasteiger partial charge in [-0.2, -0.15) is 0 Å². The molecule has 1 aliphatic carbocycles. The van der Waals surface area contributed by atoms with Crippen LogP contribution in [0.5, 0.6) is 0 Å². The van der Waals surface area contributed by atoms with E-state index in [9.17, 15) is 4.79 Å². The van der Waals surface area contributed by atoms with Crippen LogP contribution in [-0.4, -0.2) is 12.1 Å². The number of ether oxygens (including phenoxy) is 1. The van der Waals surface area contributed by atoms with Gasteiger partial charge in [0.05, 0.1) is 0 Å². The second kappa shape index (κ2) is 5.20. The van der Waals surface area contributed by atoms with Crippen molar-refractivity contribution in [3.05, 3.63) is 11.6 Å². The summed E-state index contributed by atoms with van der Waals surface area (Å²) in [6.45, 7) is 0. The Morgan fingerprint density at radius 1 is 1.33 bits per heavy atom. The van der Waals surface area contributed by atoms with Gasteiger partial charge in [-0.05, 0) is 25.7 Å². The molecule has 0 saturated heterocycles. The van der Waals surface area contributed by atoms with E-state index in [0.29, 0.717) is 0 Å². The first-order valence-electron chi connectivity index (χ1n) is 4.30. The first-order chi connectivity index (χ1) is 5.83. The van der Waals surface area contributed by atoms with Crippen molar-refractivity contribution in [2.75, 3.05) is 0 Å². The minimum Gasteiger partial charge on any atom is -0.459 e. The lowest BCUT2D eigenvalue weighted by Gasteiger charge is -2.20. The van der Waals surface area contributed by atoms with Crippen molar-refractivity contribution in [3.8, 4) is 0 Å². The van der Waals surface area contributed by atoms with Crippen LogP contribution >= 0.6 is 11.6 Å². The van der Waals surface area contributed by atoms with Crippen molar-refractivity contribution >= 4 is 17.6 Å². The monoisotopic (exact) mass is 188 g/mol. The fraction of sp³-hybridized carbons (Fsp3) is 0.667. The molecule has 0 aliphatic heterocycles. The summed E-state index contributed by atoms with van der Waals surface area (Å²) in [7, 11) is 0. The zero-order valence-corrected chi connectivity index (χ0v) is 7.72. The van der Waals surface area contributed by atoms with Crippen LogP contribution in [0.15, 0.2) is 11.6 Å². The molecule has 0 aromatic carbocycles. The van der Waals surface area contributed by atoms with Gasteiger partial charge in [0.1, 0.15) is 6.10 Å². The Balaban J connectivity index is 2.24. The standard InChI is InChI=1S/C9H13ClO2/c10-7-6-9(11)12-8-4-2-1-3-5-8/h6-8H,1-5H2/b7-6+. The van der Waals surface area contributed by atoms with E-state index in [-0.39, 0.29) is 12.1 Å². The molecule has 0 atom stereocenters. The Bertz CT molecular complexity index is 171. The molecule has 0 unspecified atom stereocenters. The number of hydrogen-bond acceptors (Lipinski definition) is 2. The largest absolute Gasteiger partial charge is 0.459 e. The van der Waals surface area contributed by atoms with Crippen molar-refractivity contribution in [1.29, 1.82) is 0 Å². The second-order valence-corrected chi connectivity index (χ2v) is 3.24. The van der Waals surface area contributed by atoms with Gasteiger partial charge in [-0.15, -0.1) is 0 Å². The van der Waals surface area contributed by atoms with Gasteiger partial charge in [0, 0.05) is 11.6 Å². The van der Waals surface area contributed by atoms with Crippen LogP contribution in [0.25, 0.3) is 0 Å². The quantitative estimate of drug-likeness (QED) is 0.492. The average molecular weight is 189 g/mol. The third kappa shape index (κ3) is 3.26. The first kappa shape index (κ1) is 9.59. The highest BCUT2D eigenvalue weighted by Gasteiger charge is 2.15. The summed E-state index contributed by atoms with van der Waals surface area (Å²) >= 11 is 5.23.